The Hall–Kier alpha value is -2.24. The third kappa shape index (κ3) is 1.54. The van der Waals surface area contributed by atoms with E-state index in [2.05, 4.69) is 10.2 Å². The van der Waals surface area contributed by atoms with Gasteiger partial charge in [-0.15, -0.1) is 0 Å². The highest BCUT2D eigenvalue weighted by Gasteiger charge is 2.15. The molecular weight excluding hydrogens is 213 g/mol. The van der Waals surface area contributed by atoms with Gasteiger partial charge in [-0.2, -0.15) is 5.10 Å². The van der Waals surface area contributed by atoms with Crippen LogP contribution in [0.2, 0.25) is 0 Å². The van der Waals surface area contributed by atoms with E-state index in [1.54, 1.807) is 0 Å². The fourth-order valence-corrected chi connectivity index (χ4v) is 1.43. The normalized spacial score (nSPS) is 10.4. The van der Waals surface area contributed by atoms with E-state index in [1.807, 2.05) is 0 Å². The SMILES string of the molecule is COc1c(F)ccc(-c2cc(N)n[nH]2)c1O. The standard InChI is InChI=1S/C10H10FN3O2/c1-16-10-6(11)3-2-5(9(10)15)7-4-8(12)14-13-7/h2-4,15H,1H3,(H3,12,13,14). The molecule has 0 radical (unpaired) electrons. The lowest BCUT2D eigenvalue weighted by Crippen LogP contribution is -1.90. The summed E-state index contributed by atoms with van der Waals surface area (Å²) in [6.07, 6.45) is 0. The van der Waals surface area contributed by atoms with E-state index >= 15 is 0 Å². The Kier molecular flexibility index (Phi) is 2.40. The van der Waals surface area contributed by atoms with Gasteiger partial charge in [0.25, 0.3) is 0 Å². The monoisotopic (exact) mass is 223 g/mol. The smallest absolute Gasteiger partial charge is 0.197 e. The van der Waals surface area contributed by atoms with Crippen molar-refractivity contribution < 1.29 is 14.2 Å². The number of phenolic OH excluding ortho intramolecular Hbond substituents is 1. The predicted octanol–water partition coefficient (Wildman–Crippen LogP) is 1.51. The molecule has 0 atom stereocenters. The topological polar surface area (TPSA) is 84.2 Å². The van der Waals surface area contributed by atoms with Gasteiger partial charge in [0.1, 0.15) is 5.82 Å². The van der Waals surface area contributed by atoms with Gasteiger partial charge in [-0.3, -0.25) is 5.10 Å². The summed E-state index contributed by atoms with van der Waals surface area (Å²) in [4.78, 5) is 0. The summed E-state index contributed by atoms with van der Waals surface area (Å²) in [5.74, 6) is -0.828. The van der Waals surface area contributed by atoms with Crippen molar-refractivity contribution in [1.29, 1.82) is 0 Å². The van der Waals surface area contributed by atoms with E-state index in [9.17, 15) is 9.50 Å². The van der Waals surface area contributed by atoms with Gasteiger partial charge in [-0.25, -0.2) is 4.39 Å². The number of hydrogen-bond acceptors (Lipinski definition) is 4. The summed E-state index contributed by atoms with van der Waals surface area (Å²) < 4.78 is 18.0. The number of aromatic hydroxyl groups is 1. The van der Waals surface area contributed by atoms with Crippen LogP contribution in [0.5, 0.6) is 11.5 Å². The maximum Gasteiger partial charge on any atom is 0.197 e. The number of H-pyrrole nitrogens is 1. The summed E-state index contributed by atoms with van der Waals surface area (Å²) in [5.41, 5.74) is 6.31. The van der Waals surface area contributed by atoms with Crippen LogP contribution >= 0.6 is 0 Å². The Morgan fingerprint density at radius 2 is 2.25 bits per heavy atom. The molecule has 0 fully saturated rings. The Bertz CT molecular complexity index is 525. The number of benzene rings is 1. The predicted molar refractivity (Wildman–Crippen MR) is 56.6 cm³/mol. The summed E-state index contributed by atoms with van der Waals surface area (Å²) in [6, 6.07) is 4.15. The number of aromatic nitrogens is 2. The van der Waals surface area contributed by atoms with Crippen LogP contribution < -0.4 is 10.5 Å². The second-order valence-corrected chi connectivity index (χ2v) is 3.18. The number of rotatable bonds is 2. The minimum Gasteiger partial charge on any atom is -0.504 e. The van der Waals surface area contributed by atoms with E-state index in [0.717, 1.165) is 0 Å². The number of phenols is 1. The average Bonchev–Trinajstić information content (AvgIpc) is 2.65. The van der Waals surface area contributed by atoms with Gasteiger partial charge < -0.3 is 15.6 Å². The van der Waals surface area contributed by atoms with Gasteiger partial charge in [-0.05, 0) is 12.1 Å². The largest absolute Gasteiger partial charge is 0.504 e. The maximum atomic E-state index is 13.2. The number of nitrogens with one attached hydrogen (secondary N) is 1. The zero-order valence-corrected chi connectivity index (χ0v) is 8.49. The number of aromatic amines is 1. The maximum absolute atomic E-state index is 13.2. The fraction of sp³-hybridized carbons (Fsp3) is 0.100. The number of nitrogens with zero attached hydrogens (tertiary/aromatic N) is 1. The molecule has 6 heteroatoms. The molecule has 0 amide bonds. The van der Waals surface area contributed by atoms with Crippen LogP contribution in [0, 0.1) is 5.82 Å². The van der Waals surface area contributed by atoms with Crippen molar-refractivity contribution in [2.75, 3.05) is 12.8 Å². The molecule has 5 nitrogen and oxygen atoms in total. The second-order valence-electron chi connectivity index (χ2n) is 3.18. The zero-order valence-electron chi connectivity index (χ0n) is 8.49. The lowest BCUT2D eigenvalue weighted by Gasteiger charge is -2.08. The van der Waals surface area contributed by atoms with Crippen LogP contribution in [0.1, 0.15) is 0 Å². The minimum atomic E-state index is -0.628. The molecule has 1 heterocycles. The number of nitrogens with two attached hydrogens (primary N) is 1. The van der Waals surface area contributed by atoms with E-state index < -0.39 is 5.82 Å². The van der Waals surface area contributed by atoms with Crippen LogP contribution in [0.3, 0.4) is 0 Å². The van der Waals surface area contributed by atoms with Crippen LogP contribution in [0.25, 0.3) is 11.3 Å². The number of ether oxygens (including phenoxy) is 1. The lowest BCUT2D eigenvalue weighted by atomic mass is 10.1. The number of anilines is 1. The number of methoxy groups -OCH3 is 1. The number of halogens is 1. The van der Waals surface area contributed by atoms with E-state index in [0.29, 0.717) is 11.3 Å². The van der Waals surface area contributed by atoms with Gasteiger partial charge in [0.05, 0.1) is 12.8 Å². The van der Waals surface area contributed by atoms with Gasteiger partial charge >= 0.3 is 0 Å². The highest BCUT2D eigenvalue weighted by atomic mass is 19.1. The molecule has 84 valence electrons. The first kappa shape index (κ1) is 10.3. The highest BCUT2D eigenvalue weighted by Crippen LogP contribution is 2.38. The van der Waals surface area contributed by atoms with Crippen molar-refractivity contribution in [3.05, 3.63) is 24.0 Å². The van der Waals surface area contributed by atoms with Crippen molar-refractivity contribution >= 4 is 5.82 Å². The Morgan fingerprint density at radius 3 is 2.81 bits per heavy atom. The van der Waals surface area contributed by atoms with Gasteiger partial charge in [0, 0.05) is 11.6 Å². The molecule has 4 N–H and O–H groups in total. The van der Waals surface area contributed by atoms with Crippen LogP contribution in [-0.2, 0) is 0 Å². The summed E-state index contributed by atoms with van der Waals surface area (Å²) in [5, 5.41) is 16.1. The molecule has 0 saturated carbocycles. The third-order valence-corrected chi connectivity index (χ3v) is 2.18. The molecule has 0 unspecified atom stereocenters. The van der Waals surface area contributed by atoms with Crippen LogP contribution in [0.15, 0.2) is 18.2 Å². The molecule has 2 aromatic rings. The molecule has 0 spiro atoms. The third-order valence-electron chi connectivity index (χ3n) is 2.18. The van der Waals surface area contributed by atoms with Crippen molar-refractivity contribution in [2.45, 2.75) is 0 Å². The second kappa shape index (κ2) is 3.73. The summed E-state index contributed by atoms with van der Waals surface area (Å²) in [6.45, 7) is 0. The van der Waals surface area contributed by atoms with Crippen molar-refractivity contribution in [3.63, 3.8) is 0 Å². The fourth-order valence-electron chi connectivity index (χ4n) is 1.43. The quantitative estimate of drug-likeness (QED) is 0.720. The first-order chi connectivity index (χ1) is 7.63. The summed E-state index contributed by atoms with van der Waals surface area (Å²) in [7, 11) is 1.28. The Balaban J connectivity index is 2.58. The molecule has 16 heavy (non-hydrogen) atoms. The molecule has 1 aromatic carbocycles. The highest BCUT2D eigenvalue weighted by molar-refractivity contribution is 5.72. The van der Waals surface area contributed by atoms with Crippen molar-refractivity contribution in [1.82, 2.24) is 10.2 Å². The van der Waals surface area contributed by atoms with Crippen LogP contribution in [0.4, 0.5) is 10.2 Å². The first-order valence-electron chi connectivity index (χ1n) is 4.50. The molecule has 1 aromatic heterocycles. The molecule has 0 aliphatic rings. The number of hydrogen-bond donors (Lipinski definition) is 3. The summed E-state index contributed by atoms with van der Waals surface area (Å²) >= 11 is 0. The molecule has 2 rings (SSSR count). The first-order valence-corrected chi connectivity index (χ1v) is 4.50. The van der Waals surface area contributed by atoms with Crippen molar-refractivity contribution in [3.8, 4) is 22.8 Å². The van der Waals surface area contributed by atoms with Crippen molar-refractivity contribution in [2.24, 2.45) is 0 Å². The molecule has 0 bridgehead atoms. The van der Waals surface area contributed by atoms with E-state index in [1.165, 1.54) is 25.3 Å². The van der Waals surface area contributed by atoms with Gasteiger partial charge in [-0.1, -0.05) is 0 Å². The van der Waals surface area contributed by atoms with E-state index in [-0.39, 0.29) is 17.3 Å². The molecule has 0 aliphatic heterocycles. The lowest BCUT2D eigenvalue weighted by molar-refractivity contribution is 0.352. The van der Waals surface area contributed by atoms with Gasteiger partial charge in [0.2, 0.25) is 0 Å². The Labute approximate surface area is 90.7 Å². The van der Waals surface area contributed by atoms with E-state index in [4.69, 9.17) is 10.5 Å². The van der Waals surface area contributed by atoms with Crippen LogP contribution in [-0.4, -0.2) is 22.4 Å². The number of nitrogen functional groups attached to an aromatic ring is 1. The molecular formula is C10H10FN3O2. The minimum absolute atomic E-state index is 0.203. The van der Waals surface area contributed by atoms with Gasteiger partial charge in [0.15, 0.2) is 17.3 Å². The molecule has 0 aliphatic carbocycles. The zero-order chi connectivity index (χ0) is 11.7. The molecule has 0 saturated heterocycles. The Morgan fingerprint density at radius 1 is 1.50 bits per heavy atom. The average molecular weight is 223 g/mol.